The summed E-state index contributed by atoms with van der Waals surface area (Å²) in [5.74, 6) is 0.375. The molecule has 106 valence electrons. The second-order valence-corrected chi connectivity index (χ2v) is 6.99. The highest BCUT2D eigenvalue weighted by atomic mass is 16.5. The van der Waals surface area contributed by atoms with Crippen LogP contribution in [0.4, 0.5) is 0 Å². The second kappa shape index (κ2) is 6.55. The number of hydrogen-bond donors (Lipinski definition) is 1. The summed E-state index contributed by atoms with van der Waals surface area (Å²) in [6, 6.07) is 0.240. The Morgan fingerprint density at radius 1 is 1.33 bits per heavy atom. The molecule has 0 unspecified atom stereocenters. The van der Waals surface area contributed by atoms with Crippen molar-refractivity contribution in [2.45, 2.75) is 72.4 Å². The molecule has 3 heteroatoms. The van der Waals surface area contributed by atoms with Crippen LogP contribution in [0.3, 0.4) is 0 Å². The number of rotatable bonds is 6. The van der Waals surface area contributed by atoms with Gasteiger partial charge in [-0.3, -0.25) is 4.79 Å². The van der Waals surface area contributed by atoms with Crippen LogP contribution < -0.4 is 5.32 Å². The van der Waals surface area contributed by atoms with Crippen LogP contribution in [0, 0.1) is 11.3 Å². The van der Waals surface area contributed by atoms with E-state index in [4.69, 9.17) is 4.74 Å². The fraction of sp³-hybridized carbons (Fsp3) is 0.933. The first-order valence-corrected chi connectivity index (χ1v) is 7.20. The van der Waals surface area contributed by atoms with E-state index < -0.39 is 0 Å². The van der Waals surface area contributed by atoms with Crippen LogP contribution in [0.25, 0.3) is 0 Å². The molecule has 0 radical (unpaired) electrons. The molecular weight excluding hydrogens is 226 g/mol. The van der Waals surface area contributed by atoms with Crippen molar-refractivity contribution in [3.05, 3.63) is 0 Å². The van der Waals surface area contributed by atoms with E-state index in [0.29, 0.717) is 11.5 Å². The van der Waals surface area contributed by atoms with E-state index in [1.165, 1.54) is 6.42 Å². The largest absolute Gasteiger partial charge is 0.378 e. The molecule has 0 aromatic rings. The highest BCUT2D eigenvalue weighted by molar-refractivity contribution is 5.79. The van der Waals surface area contributed by atoms with Crippen LogP contribution in [0.15, 0.2) is 0 Å². The lowest BCUT2D eigenvalue weighted by atomic mass is 9.81. The summed E-state index contributed by atoms with van der Waals surface area (Å²) < 4.78 is 5.78. The minimum atomic E-state index is 0.181. The van der Waals surface area contributed by atoms with E-state index in [1.807, 2.05) is 13.8 Å². The predicted molar refractivity (Wildman–Crippen MR) is 74.4 cm³/mol. The monoisotopic (exact) mass is 255 g/mol. The third-order valence-corrected chi connectivity index (χ3v) is 3.32. The maximum Gasteiger partial charge on any atom is 0.223 e. The van der Waals surface area contributed by atoms with Crippen molar-refractivity contribution in [2.75, 3.05) is 6.61 Å². The fourth-order valence-electron chi connectivity index (χ4n) is 2.17. The quantitative estimate of drug-likeness (QED) is 0.741. The molecule has 3 nitrogen and oxygen atoms in total. The topological polar surface area (TPSA) is 38.3 Å². The Labute approximate surface area is 112 Å². The van der Waals surface area contributed by atoms with Gasteiger partial charge in [0.25, 0.3) is 0 Å². The smallest absolute Gasteiger partial charge is 0.223 e. The fourth-order valence-corrected chi connectivity index (χ4v) is 2.17. The minimum absolute atomic E-state index is 0.181. The van der Waals surface area contributed by atoms with Gasteiger partial charge in [-0.05, 0) is 44.9 Å². The third kappa shape index (κ3) is 5.85. The van der Waals surface area contributed by atoms with E-state index in [9.17, 15) is 4.79 Å². The van der Waals surface area contributed by atoms with Gasteiger partial charge in [0, 0.05) is 18.6 Å². The van der Waals surface area contributed by atoms with Crippen LogP contribution in [0.1, 0.15) is 60.3 Å². The summed E-state index contributed by atoms with van der Waals surface area (Å²) in [4.78, 5) is 11.7. The van der Waals surface area contributed by atoms with E-state index in [1.54, 1.807) is 0 Å². The summed E-state index contributed by atoms with van der Waals surface area (Å²) >= 11 is 0. The van der Waals surface area contributed by atoms with Crippen LogP contribution >= 0.6 is 0 Å². The van der Waals surface area contributed by atoms with Gasteiger partial charge in [0.15, 0.2) is 0 Å². The molecule has 1 aliphatic rings. The molecule has 0 atom stereocenters. The zero-order chi connectivity index (χ0) is 13.8. The van der Waals surface area contributed by atoms with Gasteiger partial charge in [-0.25, -0.2) is 0 Å². The zero-order valence-electron chi connectivity index (χ0n) is 12.6. The van der Waals surface area contributed by atoms with Gasteiger partial charge in [0.2, 0.25) is 5.91 Å². The van der Waals surface area contributed by atoms with Gasteiger partial charge in [-0.15, -0.1) is 0 Å². The molecule has 0 aromatic carbocycles. The Kier molecular flexibility index (Phi) is 5.64. The molecule has 1 amide bonds. The molecule has 0 aromatic heterocycles. The molecule has 1 N–H and O–H groups in total. The predicted octanol–water partition coefficient (Wildman–Crippen LogP) is 3.13. The van der Waals surface area contributed by atoms with Gasteiger partial charge in [-0.1, -0.05) is 20.8 Å². The number of ether oxygens (including phenoxy) is 1. The summed E-state index contributed by atoms with van der Waals surface area (Å²) in [6.07, 6.45) is 4.41. The van der Waals surface area contributed by atoms with Crippen LogP contribution in [-0.2, 0) is 9.53 Å². The standard InChI is InChI=1S/C15H29NO2/c1-11(2)16-14(17)12-9-13(10-12)18-8-6-7-15(3,4)5/h11-13H,6-10H2,1-5H3,(H,16,17). The molecule has 0 heterocycles. The number of amides is 1. The van der Waals surface area contributed by atoms with E-state index in [-0.39, 0.29) is 17.9 Å². The van der Waals surface area contributed by atoms with E-state index >= 15 is 0 Å². The lowest BCUT2D eigenvalue weighted by molar-refractivity contribution is -0.134. The molecule has 0 bridgehead atoms. The maximum atomic E-state index is 11.7. The number of hydrogen-bond acceptors (Lipinski definition) is 2. The Balaban J connectivity index is 2.04. The first-order chi connectivity index (χ1) is 8.28. The zero-order valence-corrected chi connectivity index (χ0v) is 12.6. The summed E-state index contributed by atoms with van der Waals surface area (Å²) in [5.41, 5.74) is 0.392. The van der Waals surface area contributed by atoms with Crippen molar-refractivity contribution in [2.24, 2.45) is 11.3 Å². The van der Waals surface area contributed by atoms with Gasteiger partial charge in [0.1, 0.15) is 0 Å². The molecule has 0 saturated heterocycles. The van der Waals surface area contributed by atoms with Crippen LogP contribution in [0.2, 0.25) is 0 Å². The Bertz CT molecular complexity index is 262. The molecule has 1 fully saturated rings. The molecule has 1 aliphatic carbocycles. The Hall–Kier alpha value is -0.570. The summed E-state index contributed by atoms with van der Waals surface area (Å²) in [7, 11) is 0. The lowest BCUT2D eigenvalue weighted by Crippen LogP contribution is -2.44. The molecule has 0 aliphatic heterocycles. The highest BCUT2D eigenvalue weighted by Crippen LogP contribution is 2.31. The van der Waals surface area contributed by atoms with Gasteiger partial charge >= 0.3 is 0 Å². The molecule has 18 heavy (non-hydrogen) atoms. The van der Waals surface area contributed by atoms with Crippen LogP contribution in [0.5, 0.6) is 0 Å². The SMILES string of the molecule is CC(C)NC(=O)C1CC(OCCCC(C)(C)C)C1. The van der Waals surface area contributed by atoms with Crippen molar-refractivity contribution < 1.29 is 9.53 Å². The Morgan fingerprint density at radius 2 is 1.94 bits per heavy atom. The van der Waals surface area contributed by atoms with E-state index in [0.717, 1.165) is 25.9 Å². The van der Waals surface area contributed by atoms with Crippen molar-refractivity contribution in [3.63, 3.8) is 0 Å². The third-order valence-electron chi connectivity index (χ3n) is 3.32. The Morgan fingerprint density at radius 3 is 2.44 bits per heavy atom. The molecule has 0 spiro atoms. The maximum absolute atomic E-state index is 11.7. The number of carbonyl (C=O) groups is 1. The van der Waals surface area contributed by atoms with Crippen molar-refractivity contribution in [1.29, 1.82) is 0 Å². The van der Waals surface area contributed by atoms with Gasteiger partial charge in [-0.2, -0.15) is 0 Å². The summed E-state index contributed by atoms with van der Waals surface area (Å²) in [6.45, 7) is 11.6. The normalized spacial score (nSPS) is 23.9. The summed E-state index contributed by atoms with van der Waals surface area (Å²) in [5, 5.41) is 2.96. The number of nitrogens with one attached hydrogen (secondary N) is 1. The minimum Gasteiger partial charge on any atom is -0.378 e. The highest BCUT2D eigenvalue weighted by Gasteiger charge is 2.35. The first-order valence-electron chi connectivity index (χ1n) is 7.20. The molecule has 1 rings (SSSR count). The van der Waals surface area contributed by atoms with Crippen LogP contribution in [-0.4, -0.2) is 24.7 Å². The number of carbonyl (C=O) groups excluding carboxylic acids is 1. The van der Waals surface area contributed by atoms with Gasteiger partial charge in [0.05, 0.1) is 6.10 Å². The van der Waals surface area contributed by atoms with Crippen molar-refractivity contribution >= 4 is 5.91 Å². The average Bonchev–Trinajstić information content (AvgIpc) is 2.10. The first kappa shape index (κ1) is 15.5. The molecular formula is C15H29NO2. The van der Waals surface area contributed by atoms with Gasteiger partial charge < -0.3 is 10.1 Å². The van der Waals surface area contributed by atoms with Crippen molar-refractivity contribution in [1.82, 2.24) is 5.32 Å². The van der Waals surface area contributed by atoms with E-state index in [2.05, 4.69) is 26.1 Å². The second-order valence-electron chi connectivity index (χ2n) is 6.99. The average molecular weight is 255 g/mol. The lowest BCUT2D eigenvalue weighted by Gasteiger charge is -2.34. The van der Waals surface area contributed by atoms with Crippen molar-refractivity contribution in [3.8, 4) is 0 Å². The molecule has 1 saturated carbocycles.